The molecule has 0 radical (unpaired) electrons. The van der Waals surface area contributed by atoms with Crippen LogP contribution in [0.1, 0.15) is 29.8 Å². The van der Waals surface area contributed by atoms with Crippen LogP contribution in [0.2, 0.25) is 0 Å². The van der Waals surface area contributed by atoms with Gasteiger partial charge >= 0.3 is 5.97 Å². The van der Waals surface area contributed by atoms with Crippen molar-refractivity contribution in [3.63, 3.8) is 0 Å². The van der Waals surface area contributed by atoms with Gasteiger partial charge in [0, 0.05) is 37.8 Å². The Morgan fingerprint density at radius 2 is 2.07 bits per heavy atom. The third kappa shape index (κ3) is 4.33. The lowest BCUT2D eigenvalue weighted by Gasteiger charge is -2.37. The highest BCUT2D eigenvalue weighted by Crippen LogP contribution is 2.41. The Balaban J connectivity index is 1.43. The van der Waals surface area contributed by atoms with Crippen LogP contribution in [0.4, 0.5) is 13.2 Å². The molecule has 160 valence electrons. The van der Waals surface area contributed by atoms with Crippen molar-refractivity contribution in [3.05, 3.63) is 41.6 Å². The van der Waals surface area contributed by atoms with Gasteiger partial charge in [0.25, 0.3) is 5.91 Å². The Bertz CT molecular complexity index is 976. The summed E-state index contributed by atoms with van der Waals surface area (Å²) < 4.78 is 46.0. The number of carbonyl (C=O) groups excluding carboxylic acids is 1. The Labute approximate surface area is 169 Å². The number of carboxylic acids is 1. The Morgan fingerprint density at radius 1 is 1.30 bits per heavy atom. The Kier molecular flexibility index (Phi) is 5.27. The molecule has 1 aromatic carbocycles. The molecule has 1 aromatic heterocycles. The largest absolute Gasteiger partial charge is 0.481 e. The molecule has 10 heteroatoms. The van der Waals surface area contributed by atoms with E-state index in [4.69, 9.17) is 4.52 Å². The summed E-state index contributed by atoms with van der Waals surface area (Å²) in [5.74, 6) is -4.31. The molecule has 1 amide bonds. The molecular weight excluding hydrogens is 403 g/mol. The number of likely N-dealkylation sites (tertiary alicyclic amines) is 1. The number of nitrogens with one attached hydrogen (secondary N) is 1. The van der Waals surface area contributed by atoms with E-state index >= 15 is 0 Å². The molecular formula is C20H20F3N3O4. The fraction of sp³-hybridized carbons (Fsp3) is 0.450. The van der Waals surface area contributed by atoms with Crippen molar-refractivity contribution in [3.8, 4) is 11.3 Å². The first kappa shape index (κ1) is 20.4. The zero-order valence-electron chi connectivity index (χ0n) is 15.9. The average Bonchev–Trinajstić information content (AvgIpc) is 3.21. The van der Waals surface area contributed by atoms with Gasteiger partial charge in [0.1, 0.15) is 17.3 Å². The highest BCUT2D eigenvalue weighted by molar-refractivity contribution is 5.93. The highest BCUT2D eigenvalue weighted by Gasteiger charge is 2.46. The number of hydrogen-bond donors (Lipinski definition) is 2. The third-order valence-corrected chi connectivity index (χ3v) is 5.57. The molecule has 4 rings (SSSR count). The predicted molar refractivity (Wildman–Crippen MR) is 98.4 cm³/mol. The number of piperidine rings is 1. The molecule has 2 fully saturated rings. The van der Waals surface area contributed by atoms with Gasteiger partial charge in [0.15, 0.2) is 11.5 Å². The van der Waals surface area contributed by atoms with Gasteiger partial charge < -0.3 is 14.9 Å². The molecule has 7 nitrogen and oxygen atoms in total. The Hall–Kier alpha value is -2.88. The van der Waals surface area contributed by atoms with Crippen molar-refractivity contribution in [1.29, 1.82) is 0 Å². The maximum absolute atomic E-state index is 14.0. The minimum Gasteiger partial charge on any atom is -0.481 e. The molecule has 0 unspecified atom stereocenters. The number of aliphatic carboxylic acids is 1. The summed E-state index contributed by atoms with van der Waals surface area (Å²) in [6.07, 6.45) is 1.32. The molecule has 1 saturated carbocycles. The summed E-state index contributed by atoms with van der Waals surface area (Å²) >= 11 is 0. The van der Waals surface area contributed by atoms with Gasteiger partial charge in [-0.25, -0.2) is 13.2 Å². The second kappa shape index (κ2) is 7.75. The van der Waals surface area contributed by atoms with E-state index in [1.807, 2.05) is 0 Å². The predicted octanol–water partition coefficient (Wildman–Crippen LogP) is 2.63. The fourth-order valence-corrected chi connectivity index (χ4v) is 3.72. The molecule has 30 heavy (non-hydrogen) atoms. The van der Waals surface area contributed by atoms with E-state index in [2.05, 4.69) is 10.5 Å². The molecule has 2 aromatic rings. The minimum atomic E-state index is -1.22. The number of carboxylic acid groups (broad SMARTS) is 1. The van der Waals surface area contributed by atoms with Crippen LogP contribution in [0.5, 0.6) is 0 Å². The first-order chi connectivity index (χ1) is 14.2. The number of alkyl halides is 1. The number of nitrogens with zero attached hydrogens (tertiary/aromatic N) is 2. The summed E-state index contributed by atoms with van der Waals surface area (Å²) in [5, 5.41) is 15.8. The van der Waals surface area contributed by atoms with Gasteiger partial charge in [0.05, 0.1) is 11.5 Å². The maximum atomic E-state index is 14.0. The van der Waals surface area contributed by atoms with Gasteiger partial charge in [-0.1, -0.05) is 5.16 Å². The smallest absolute Gasteiger partial charge is 0.309 e. The lowest BCUT2D eigenvalue weighted by Crippen LogP contribution is -2.54. The number of halogens is 3. The van der Waals surface area contributed by atoms with Gasteiger partial charge in [-0.15, -0.1) is 0 Å². The van der Waals surface area contributed by atoms with Crippen LogP contribution in [0.3, 0.4) is 0 Å². The lowest BCUT2D eigenvalue weighted by molar-refractivity contribution is -0.144. The first-order valence-corrected chi connectivity index (χ1v) is 9.61. The van der Waals surface area contributed by atoms with Crippen molar-refractivity contribution in [1.82, 2.24) is 15.4 Å². The number of hydrogen-bond acceptors (Lipinski definition) is 5. The van der Waals surface area contributed by atoms with Gasteiger partial charge in [-0.2, -0.15) is 0 Å². The number of carbonyl (C=O) groups is 2. The molecule has 0 bridgehead atoms. The van der Waals surface area contributed by atoms with Crippen molar-refractivity contribution in [2.75, 3.05) is 19.6 Å². The number of aromatic nitrogens is 1. The summed E-state index contributed by atoms with van der Waals surface area (Å²) in [4.78, 5) is 26.0. The molecule has 0 spiro atoms. The van der Waals surface area contributed by atoms with Gasteiger partial charge in [0.2, 0.25) is 0 Å². The van der Waals surface area contributed by atoms with Crippen LogP contribution in [-0.4, -0.2) is 58.4 Å². The summed E-state index contributed by atoms with van der Waals surface area (Å²) in [6.45, 7) is 0.801. The van der Waals surface area contributed by atoms with Crippen molar-refractivity contribution in [2.24, 2.45) is 5.92 Å². The number of rotatable bonds is 6. The quantitative estimate of drug-likeness (QED) is 0.742. The van der Waals surface area contributed by atoms with Gasteiger partial charge in [-0.3, -0.25) is 14.5 Å². The van der Waals surface area contributed by atoms with E-state index in [1.54, 1.807) is 4.90 Å². The SMILES string of the molecule is O=C(N[C@H]1CCN(CC2(F)CC2)C[C@@H]1C(=O)O)c1cc(-c2ccc(F)cc2F)on1. The third-order valence-electron chi connectivity index (χ3n) is 5.57. The van der Waals surface area contributed by atoms with Gasteiger partial charge in [-0.05, 0) is 31.4 Å². The summed E-state index contributed by atoms with van der Waals surface area (Å²) in [7, 11) is 0. The molecule has 2 N–H and O–H groups in total. The molecule has 2 heterocycles. The monoisotopic (exact) mass is 423 g/mol. The van der Waals surface area contributed by atoms with Crippen molar-refractivity contribution < 1.29 is 32.4 Å². The van der Waals surface area contributed by atoms with E-state index in [0.29, 0.717) is 31.9 Å². The molecule has 1 aliphatic carbocycles. The molecule has 1 saturated heterocycles. The van der Waals surface area contributed by atoms with Crippen LogP contribution in [0.15, 0.2) is 28.8 Å². The number of amides is 1. The van der Waals surface area contributed by atoms with Crippen LogP contribution in [-0.2, 0) is 4.79 Å². The summed E-state index contributed by atoms with van der Waals surface area (Å²) in [5.41, 5.74) is -1.42. The highest BCUT2D eigenvalue weighted by atomic mass is 19.1. The van der Waals surface area contributed by atoms with E-state index in [9.17, 15) is 27.9 Å². The first-order valence-electron chi connectivity index (χ1n) is 9.61. The standard InChI is InChI=1S/C20H20F3N3O4/c21-11-1-2-12(14(22)7-11)17-8-16(25-30-17)18(27)24-15-3-6-26(9-13(15)19(28)29)10-20(23)4-5-20/h1-2,7-8,13,15H,3-6,9-10H2,(H,24,27)(H,28,29)/t13-,15-/m0/s1. The van der Waals surface area contributed by atoms with E-state index < -0.39 is 41.1 Å². The van der Waals surface area contributed by atoms with E-state index in [-0.39, 0.29) is 30.1 Å². The lowest BCUT2D eigenvalue weighted by atomic mass is 9.91. The van der Waals surface area contributed by atoms with Crippen molar-refractivity contribution in [2.45, 2.75) is 31.0 Å². The van der Waals surface area contributed by atoms with Crippen molar-refractivity contribution >= 4 is 11.9 Å². The summed E-state index contributed by atoms with van der Waals surface area (Å²) in [6, 6.07) is 3.45. The molecule has 1 aliphatic heterocycles. The topological polar surface area (TPSA) is 95.7 Å². The maximum Gasteiger partial charge on any atom is 0.309 e. The minimum absolute atomic E-state index is 0.0556. The average molecular weight is 423 g/mol. The van der Waals surface area contributed by atoms with E-state index in [0.717, 1.165) is 6.07 Å². The normalized spacial score (nSPS) is 23.2. The molecule has 2 atom stereocenters. The second-order valence-corrected chi connectivity index (χ2v) is 7.90. The van der Waals surface area contributed by atoms with E-state index in [1.165, 1.54) is 12.1 Å². The second-order valence-electron chi connectivity index (χ2n) is 7.90. The van der Waals surface area contributed by atoms with Crippen LogP contribution in [0.25, 0.3) is 11.3 Å². The fourth-order valence-electron chi connectivity index (χ4n) is 3.72. The van der Waals surface area contributed by atoms with Crippen LogP contribution in [0, 0.1) is 17.6 Å². The molecule has 2 aliphatic rings. The Morgan fingerprint density at radius 3 is 2.73 bits per heavy atom. The zero-order chi connectivity index (χ0) is 21.5. The van der Waals surface area contributed by atoms with Crippen LogP contribution >= 0.6 is 0 Å². The van der Waals surface area contributed by atoms with Crippen LogP contribution < -0.4 is 5.32 Å². The number of benzene rings is 1. The zero-order valence-corrected chi connectivity index (χ0v) is 15.9.